The molecule has 1 amide bonds. The molecule has 3 aromatic rings. The number of aromatic nitrogens is 4. The summed E-state index contributed by atoms with van der Waals surface area (Å²) >= 11 is 0. The van der Waals surface area contributed by atoms with Crippen molar-refractivity contribution >= 4 is 16.9 Å². The Hall–Kier alpha value is -2.90. The molecule has 8 heteroatoms. The van der Waals surface area contributed by atoms with Gasteiger partial charge in [-0.1, -0.05) is 42.8 Å². The largest absolute Gasteiger partial charge is 0.450 e. The molecule has 120 valence electrons. The number of benzene rings is 1. The van der Waals surface area contributed by atoms with Crippen molar-refractivity contribution in [3.8, 4) is 11.4 Å². The van der Waals surface area contributed by atoms with E-state index >= 15 is 0 Å². The predicted molar refractivity (Wildman–Crippen MR) is 82.5 cm³/mol. The van der Waals surface area contributed by atoms with Gasteiger partial charge in [0.15, 0.2) is 0 Å². The van der Waals surface area contributed by atoms with E-state index in [2.05, 4.69) is 22.4 Å². The van der Waals surface area contributed by atoms with Gasteiger partial charge in [-0.2, -0.15) is 0 Å². The molecule has 3 rings (SSSR count). The molecule has 1 aromatic carbocycles. The maximum atomic E-state index is 11.7. The number of amides is 1. The second-order valence-electron chi connectivity index (χ2n) is 5.08. The highest BCUT2D eigenvalue weighted by atomic mass is 16.7. The molecule has 0 aliphatic rings. The molecule has 2 heterocycles. The number of nitrogens with zero attached hydrogens (tertiary/aromatic N) is 4. The fraction of sp³-hybridized carbons (Fsp3) is 0.333. The summed E-state index contributed by atoms with van der Waals surface area (Å²) in [5, 5.41) is 12.1. The third kappa shape index (κ3) is 2.87. The number of primary amides is 1. The highest BCUT2D eigenvalue weighted by Crippen LogP contribution is 2.32. The van der Waals surface area contributed by atoms with Gasteiger partial charge in [0, 0.05) is 5.39 Å². The third-order valence-electron chi connectivity index (χ3n) is 3.45. The molecule has 0 aliphatic heterocycles. The van der Waals surface area contributed by atoms with Crippen molar-refractivity contribution in [1.82, 2.24) is 20.4 Å². The number of furan rings is 1. The third-order valence-corrected chi connectivity index (χ3v) is 3.45. The number of tetrazole rings is 1. The van der Waals surface area contributed by atoms with Crippen LogP contribution in [0.15, 0.2) is 28.7 Å². The van der Waals surface area contributed by atoms with E-state index in [-0.39, 0.29) is 5.76 Å². The van der Waals surface area contributed by atoms with Crippen LogP contribution in [-0.4, -0.2) is 32.9 Å². The molecular formula is C15H17N5O3. The minimum Gasteiger partial charge on any atom is -0.450 e. The summed E-state index contributed by atoms with van der Waals surface area (Å²) in [6.45, 7) is 2.59. The van der Waals surface area contributed by atoms with E-state index in [0.29, 0.717) is 29.0 Å². The van der Waals surface area contributed by atoms with Crippen molar-refractivity contribution in [2.24, 2.45) is 5.73 Å². The monoisotopic (exact) mass is 315 g/mol. The van der Waals surface area contributed by atoms with E-state index in [1.54, 1.807) is 6.07 Å². The van der Waals surface area contributed by atoms with E-state index in [4.69, 9.17) is 15.0 Å². The first kappa shape index (κ1) is 15.0. The number of unbranched alkanes of at least 4 members (excludes halogenated alkanes) is 2. The standard InChI is InChI=1S/C15H17N5O3/c1-2-3-6-9-22-20-15(17-18-19-20)12-10-7-4-5-8-11(10)23-13(12)14(16)21/h4-5,7-8H,2-3,6,9H2,1H3,(H2,16,21). The zero-order valence-electron chi connectivity index (χ0n) is 12.7. The Balaban J connectivity index is 2.02. The molecular weight excluding hydrogens is 298 g/mol. The van der Waals surface area contributed by atoms with Crippen LogP contribution in [-0.2, 0) is 0 Å². The number of nitrogens with two attached hydrogens (primary N) is 1. The predicted octanol–water partition coefficient (Wildman–Crippen LogP) is 1.80. The van der Waals surface area contributed by atoms with Crippen LogP contribution in [0.3, 0.4) is 0 Å². The number of para-hydroxylation sites is 1. The maximum absolute atomic E-state index is 11.7. The molecule has 2 N–H and O–H groups in total. The molecule has 0 saturated heterocycles. The fourth-order valence-corrected chi connectivity index (χ4v) is 2.36. The molecule has 0 bridgehead atoms. The Morgan fingerprint density at radius 3 is 2.96 bits per heavy atom. The van der Waals surface area contributed by atoms with Gasteiger partial charge in [-0.25, -0.2) is 0 Å². The number of rotatable bonds is 7. The normalized spacial score (nSPS) is 11.0. The summed E-state index contributed by atoms with van der Waals surface area (Å²) in [6, 6.07) is 7.21. The molecule has 23 heavy (non-hydrogen) atoms. The fourth-order valence-electron chi connectivity index (χ4n) is 2.36. The van der Waals surface area contributed by atoms with Gasteiger partial charge in [0.2, 0.25) is 11.6 Å². The molecule has 0 spiro atoms. The lowest BCUT2D eigenvalue weighted by atomic mass is 10.1. The Morgan fingerprint density at radius 1 is 1.35 bits per heavy atom. The Morgan fingerprint density at radius 2 is 2.17 bits per heavy atom. The lowest BCUT2D eigenvalue weighted by molar-refractivity contribution is 0.0788. The summed E-state index contributed by atoms with van der Waals surface area (Å²) in [7, 11) is 0. The van der Waals surface area contributed by atoms with Gasteiger partial charge < -0.3 is 15.0 Å². The summed E-state index contributed by atoms with van der Waals surface area (Å²) < 4.78 is 5.54. The lowest BCUT2D eigenvalue weighted by Gasteiger charge is -2.06. The molecule has 0 fully saturated rings. The van der Waals surface area contributed by atoms with Crippen molar-refractivity contribution in [3.63, 3.8) is 0 Å². The Labute approximate surface area is 132 Å². The summed E-state index contributed by atoms with van der Waals surface area (Å²) in [5.74, 6) is -0.378. The van der Waals surface area contributed by atoms with Crippen molar-refractivity contribution in [2.45, 2.75) is 26.2 Å². The lowest BCUT2D eigenvalue weighted by Crippen LogP contribution is -2.17. The molecule has 0 aliphatic carbocycles. The van der Waals surface area contributed by atoms with Crippen molar-refractivity contribution < 1.29 is 14.0 Å². The second-order valence-corrected chi connectivity index (χ2v) is 5.08. The molecule has 0 atom stereocenters. The van der Waals surface area contributed by atoms with Crippen LogP contribution in [0.2, 0.25) is 0 Å². The van der Waals surface area contributed by atoms with Crippen molar-refractivity contribution in [1.29, 1.82) is 0 Å². The zero-order chi connectivity index (χ0) is 16.2. The van der Waals surface area contributed by atoms with Gasteiger partial charge in [-0.05, 0) is 22.9 Å². The number of carbonyl (C=O) groups excluding carboxylic acids is 1. The average molecular weight is 315 g/mol. The molecule has 0 saturated carbocycles. The van der Waals surface area contributed by atoms with Gasteiger partial charge in [0.1, 0.15) is 12.2 Å². The van der Waals surface area contributed by atoms with Crippen LogP contribution in [0.5, 0.6) is 0 Å². The SMILES string of the molecule is CCCCCOn1nnnc1-c1c(C(N)=O)oc2ccccc12. The van der Waals surface area contributed by atoms with Crippen molar-refractivity contribution in [2.75, 3.05) is 6.61 Å². The van der Waals surface area contributed by atoms with Crippen LogP contribution in [0.25, 0.3) is 22.4 Å². The van der Waals surface area contributed by atoms with Gasteiger partial charge in [0.05, 0.1) is 5.56 Å². The van der Waals surface area contributed by atoms with E-state index in [1.165, 1.54) is 4.85 Å². The molecule has 8 nitrogen and oxygen atoms in total. The van der Waals surface area contributed by atoms with Crippen molar-refractivity contribution in [3.05, 3.63) is 30.0 Å². The average Bonchev–Trinajstić information content (AvgIpc) is 3.15. The molecule has 0 unspecified atom stereocenters. The highest BCUT2D eigenvalue weighted by molar-refractivity contribution is 6.06. The van der Waals surface area contributed by atoms with Crippen LogP contribution < -0.4 is 10.6 Å². The highest BCUT2D eigenvalue weighted by Gasteiger charge is 2.25. The van der Waals surface area contributed by atoms with Gasteiger partial charge in [-0.15, -0.1) is 5.10 Å². The minimum absolute atomic E-state index is 0.0133. The summed E-state index contributed by atoms with van der Waals surface area (Å²) in [4.78, 5) is 18.5. The molecule has 2 aromatic heterocycles. The van der Waals surface area contributed by atoms with Gasteiger partial charge in [-0.3, -0.25) is 4.79 Å². The zero-order valence-corrected chi connectivity index (χ0v) is 12.7. The minimum atomic E-state index is -0.684. The first-order valence-corrected chi connectivity index (χ1v) is 7.45. The van der Waals surface area contributed by atoms with Crippen LogP contribution in [0, 0.1) is 0 Å². The topological polar surface area (TPSA) is 109 Å². The smallest absolute Gasteiger partial charge is 0.285 e. The number of carbonyl (C=O) groups is 1. The number of hydrogen-bond donors (Lipinski definition) is 1. The number of fused-ring (bicyclic) bond motifs is 1. The quantitative estimate of drug-likeness (QED) is 0.666. The van der Waals surface area contributed by atoms with E-state index < -0.39 is 5.91 Å². The number of hydrogen-bond acceptors (Lipinski definition) is 6. The second kappa shape index (κ2) is 6.47. The Kier molecular flexibility index (Phi) is 4.22. The van der Waals surface area contributed by atoms with E-state index in [9.17, 15) is 4.79 Å². The van der Waals surface area contributed by atoms with Gasteiger partial charge in [0.25, 0.3) is 5.91 Å². The maximum Gasteiger partial charge on any atom is 0.285 e. The van der Waals surface area contributed by atoms with Crippen LogP contribution in [0.1, 0.15) is 36.7 Å². The van der Waals surface area contributed by atoms with E-state index in [0.717, 1.165) is 19.3 Å². The summed E-state index contributed by atoms with van der Waals surface area (Å²) in [6.07, 6.45) is 3.03. The van der Waals surface area contributed by atoms with Gasteiger partial charge >= 0.3 is 0 Å². The Bertz CT molecular complexity index is 823. The molecule has 0 radical (unpaired) electrons. The van der Waals surface area contributed by atoms with E-state index in [1.807, 2.05) is 18.2 Å². The first-order chi connectivity index (χ1) is 11.2. The summed E-state index contributed by atoms with van der Waals surface area (Å²) in [5.41, 5.74) is 6.40. The first-order valence-electron chi connectivity index (χ1n) is 7.45. The van der Waals surface area contributed by atoms with Crippen LogP contribution >= 0.6 is 0 Å². The van der Waals surface area contributed by atoms with Crippen LogP contribution in [0.4, 0.5) is 0 Å².